The quantitative estimate of drug-likeness (QED) is 0.120. The molecule has 0 heterocycles. The fourth-order valence-corrected chi connectivity index (χ4v) is 3.71. The van der Waals surface area contributed by atoms with E-state index in [0.717, 1.165) is 22.3 Å². The van der Waals surface area contributed by atoms with Crippen molar-refractivity contribution in [1.82, 2.24) is 0 Å². The van der Waals surface area contributed by atoms with E-state index in [-0.39, 0.29) is 23.0 Å². The zero-order valence-corrected chi connectivity index (χ0v) is 24.5. The summed E-state index contributed by atoms with van der Waals surface area (Å²) in [7, 11) is 0. The first-order chi connectivity index (χ1) is 21.1. The van der Waals surface area contributed by atoms with E-state index < -0.39 is 0 Å². The van der Waals surface area contributed by atoms with Crippen LogP contribution in [-0.2, 0) is 0 Å². The highest BCUT2D eigenvalue weighted by Gasteiger charge is 1.98. The third kappa shape index (κ3) is 11.5. The number of benzene rings is 6. The van der Waals surface area contributed by atoms with Crippen LogP contribution in [0.2, 0.25) is 0 Å². The van der Waals surface area contributed by atoms with Gasteiger partial charge in [-0.15, -0.1) is 0 Å². The number of hydrogen-bond acceptors (Lipinski definition) is 6. The standard InChI is InChI=1S/2C12H10O2.2C7H8O/c2*13-11-5-1-9(2-6-11)10-3-7-12(14)8-4-10;2*1-6-2-4-7(8)5-3-6/h2*1-8,13-14H;2*2-5,8H,1H3. The molecule has 0 radical (unpaired) electrons. The molecule has 6 aromatic carbocycles. The number of phenols is 6. The third-order valence-corrected chi connectivity index (χ3v) is 6.20. The summed E-state index contributed by atoms with van der Waals surface area (Å²) < 4.78 is 0. The largest absolute Gasteiger partial charge is 0.508 e. The lowest BCUT2D eigenvalue weighted by molar-refractivity contribution is 0.474. The van der Waals surface area contributed by atoms with Gasteiger partial charge >= 0.3 is 0 Å². The molecule has 0 amide bonds. The molecule has 0 saturated heterocycles. The zero-order valence-electron chi connectivity index (χ0n) is 24.5. The van der Waals surface area contributed by atoms with Gasteiger partial charge in [-0.3, -0.25) is 0 Å². The van der Waals surface area contributed by atoms with Crippen LogP contribution in [0.15, 0.2) is 146 Å². The molecule has 0 saturated carbocycles. The van der Waals surface area contributed by atoms with Crippen molar-refractivity contribution in [3.05, 3.63) is 157 Å². The molecule has 0 aromatic heterocycles. The summed E-state index contributed by atoms with van der Waals surface area (Å²) in [6, 6.07) is 42.0. The fourth-order valence-electron chi connectivity index (χ4n) is 3.71. The molecule has 224 valence electrons. The highest BCUT2D eigenvalue weighted by Crippen LogP contribution is 2.24. The van der Waals surface area contributed by atoms with E-state index >= 15 is 0 Å². The lowest BCUT2D eigenvalue weighted by Gasteiger charge is -2.01. The fraction of sp³-hybridized carbons (Fsp3) is 0.0526. The SMILES string of the molecule is Cc1ccc(O)cc1.Cc1ccc(O)cc1.Oc1ccc(-c2ccc(O)cc2)cc1.Oc1ccc(-c2ccc(O)cc2)cc1. The van der Waals surface area contributed by atoms with E-state index in [9.17, 15) is 0 Å². The van der Waals surface area contributed by atoms with E-state index in [2.05, 4.69) is 0 Å². The molecule has 6 N–H and O–H groups in total. The molecule has 0 fully saturated rings. The van der Waals surface area contributed by atoms with E-state index in [1.807, 2.05) is 86.6 Å². The molecule has 0 unspecified atom stereocenters. The van der Waals surface area contributed by atoms with Crippen molar-refractivity contribution in [3.8, 4) is 56.8 Å². The second-order valence-electron chi connectivity index (χ2n) is 9.86. The first-order valence-corrected chi connectivity index (χ1v) is 13.8. The van der Waals surface area contributed by atoms with Gasteiger partial charge in [-0.2, -0.15) is 0 Å². The minimum absolute atomic E-state index is 0.257. The number of aryl methyl sites for hydroxylation is 2. The molecule has 0 atom stereocenters. The summed E-state index contributed by atoms with van der Waals surface area (Å²) in [6.45, 7) is 3.97. The zero-order chi connectivity index (χ0) is 31.9. The Morgan fingerprint density at radius 2 is 0.364 bits per heavy atom. The maximum Gasteiger partial charge on any atom is 0.115 e. The molecule has 6 heteroatoms. The van der Waals surface area contributed by atoms with Gasteiger partial charge in [0.05, 0.1) is 0 Å². The summed E-state index contributed by atoms with van der Waals surface area (Å²) >= 11 is 0. The van der Waals surface area contributed by atoms with Crippen molar-refractivity contribution in [2.75, 3.05) is 0 Å². The van der Waals surface area contributed by atoms with Crippen molar-refractivity contribution in [2.45, 2.75) is 13.8 Å². The van der Waals surface area contributed by atoms with Gasteiger partial charge in [-0.25, -0.2) is 0 Å². The molecule has 0 spiro atoms. The van der Waals surface area contributed by atoms with Crippen molar-refractivity contribution < 1.29 is 30.6 Å². The van der Waals surface area contributed by atoms with E-state index in [1.165, 1.54) is 11.1 Å². The number of rotatable bonds is 2. The first kappa shape index (κ1) is 32.6. The normalized spacial score (nSPS) is 9.68. The second kappa shape index (κ2) is 16.5. The van der Waals surface area contributed by atoms with Gasteiger partial charge in [0.1, 0.15) is 34.5 Å². The minimum atomic E-state index is 0.257. The molecule has 6 aromatic rings. The molecule has 0 aliphatic heterocycles. The molecule has 0 aliphatic rings. The van der Waals surface area contributed by atoms with Crippen LogP contribution >= 0.6 is 0 Å². The average molecular weight is 589 g/mol. The van der Waals surface area contributed by atoms with Crippen LogP contribution in [0.25, 0.3) is 22.3 Å². The van der Waals surface area contributed by atoms with Crippen LogP contribution < -0.4 is 0 Å². The van der Waals surface area contributed by atoms with Crippen LogP contribution in [0.5, 0.6) is 34.5 Å². The summed E-state index contributed by atoms with van der Waals surface area (Å²) in [4.78, 5) is 0. The van der Waals surface area contributed by atoms with Crippen LogP contribution in [0, 0.1) is 13.8 Å². The van der Waals surface area contributed by atoms with E-state index in [4.69, 9.17) is 30.6 Å². The van der Waals surface area contributed by atoms with Gasteiger partial charge in [0, 0.05) is 0 Å². The molecular weight excluding hydrogens is 552 g/mol. The van der Waals surface area contributed by atoms with Crippen LogP contribution in [0.1, 0.15) is 11.1 Å². The molecule has 0 aliphatic carbocycles. The molecule has 6 rings (SSSR count). The van der Waals surface area contributed by atoms with Gasteiger partial charge in [-0.05, 0) is 109 Å². The topological polar surface area (TPSA) is 121 Å². The predicted octanol–water partition coefficient (Wildman–Crippen LogP) is 8.93. The van der Waals surface area contributed by atoms with Gasteiger partial charge in [0.25, 0.3) is 0 Å². The van der Waals surface area contributed by atoms with Crippen LogP contribution in [0.4, 0.5) is 0 Å². The Morgan fingerprint density at radius 1 is 0.227 bits per heavy atom. The summed E-state index contributed by atoms with van der Waals surface area (Å²) in [5.74, 6) is 1.69. The maximum absolute atomic E-state index is 9.11. The second-order valence-corrected chi connectivity index (χ2v) is 9.86. The Labute approximate surface area is 257 Å². The van der Waals surface area contributed by atoms with Gasteiger partial charge in [-0.1, -0.05) is 83.9 Å². The smallest absolute Gasteiger partial charge is 0.115 e. The van der Waals surface area contributed by atoms with E-state index in [0.29, 0.717) is 11.5 Å². The molecule has 6 nitrogen and oxygen atoms in total. The van der Waals surface area contributed by atoms with Gasteiger partial charge in [0.2, 0.25) is 0 Å². The molecule has 44 heavy (non-hydrogen) atoms. The minimum Gasteiger partial charge on any atom is -0.508 e. The Kier molecular flexibility index (Phi) is 12.3. The lowest BCUT2D eigenvalue weighted by atomic mass is 10.1. The Bertz CT molecular complexity index is 1400. The van der Waals surface area contributed by atoms with Crippen molar-refractivity contribution in [2.24, 2.45) is 0 Å². The van der Waals surface area contributed by atoms with Gasteiger partial charge in [0.15, 0.2) is 0 Å². The lowest BCUT2D eigenvalue weighted by Crippen LogP contribution is -1.75. The van der Waals surface area contributed by atoms with Crippen molar-refractivity contribution >= 4 is 0 Å². The molecule has 0 bridgehead atoms. The maximum atomic E-state index is 9.11. The highest BCUT2D eigenvalue weighted by atomic mass is 16.3. The van der Waals surface area contributed by atoms with Gasteiger partial charge < -0.3 is 30.6 Å². The predicted molar refractivity (Wildman–Crippen MR) is 176 cm³/mol. The molecular formula is C38H36O6. The third-order valence-electron chi connectivity index (χ3n) is 6.20. The monoisotopic (exact) mass is 588 g/mol. The Hall–Kier alpha value is -5.88. The first-order valence-electron chi connectivity index (χ1n) is 13.8. The summed E-state index contributed by atoms with van der Waals surface area (Å²) in [5, 5.41) is 53.9. The van der Waals surface area contributed by atoms with Crippen LogP contribution in [0.3, 0.4) is 0 Å². The highest BCUT2D eigenvalue weighted by molar-refractivity contribution is 5.65. The average Bonchev–Trinajstić information content (AvgIpc) is 3.03. The Morgan fingerprint density at radius 3 is 0.500 bits per heavy atom. The number of hydrogen-bond donors (Lipinski definition) is 6. The summed E-state index contributed by atoms with van der Waals surface area (Å²) in [5.41, 5.74) is 6.40. The van der Waals surface area contributed by atoms with Crippen molar-refractivity contribution in [3.63, 3.8) is 0 Å². The van der Waals surface area contributed by atoms with Crippen molar-refractivity contribution in [1.29, 1.82) is 0 Å². The number of phenolic OH excluding ortho intramolecular Hbond substituents is 6. The Balaban J connectivity index is 0.000000166. The van der Waals surface area contributed by atoms with E-state index in [1.54, 1.807) is 72.8 Å². The summed E-state index contributed by atoms with van der Waals surface area (Å²) in [6.07, 6.45) is 0. The van der Waals surface area contributed by atoms with Crippen LogP contribution in [-0.4, -0.2) is 30.6 Å². The number of aromatic hydroxyl groups is 6.